The quantitative estimate of drug-likeness (QED) is 0.891. The molecule has 0 fully saturated rings. The van der Waals surface area contributed by atoms with Crippen LogP contribution in [0.3, 0.4) is 0 Å². The van der Waals surface area contributed by atoms with Crippen molar-refractivity contribution in [2.75, 3.05) is 0 Å². The van der Waals surface area contributed by atoms with Gasteiger partial charge in [-0.15, -0.1) is 0 Å². The van der Waals surface area contributed by atoms with Crippen LogP contribution in [0.2, 0.25) is 0 Å². The maximum Gasteiger partial charge on any atom is 0.226 e. The largest absolute Gasteiger partial charge is 0.349 e. The van der Waals surface area contributed by atoms with Crippen molar-refractivity contribution in [1.29, 1.82) is 0 Å². The van der Waals surface area contributed by atoms with E-state index in [0.717, 1.165) is 12.1 Å². The molecule has 1 aliphatic rings. The van der Waals surface area contributed by atoms with Gasteiger partial charge in [-0.05, 0) is 54.9 Å². The van der Waals surface area contributed by atoms with Gasteiger partial charge in [0.25, 0.3) is 0 Å². The predicted molar refractivity (Wildman–Crippen MR) is 86.6 cm³/mol. The van der Waals surface area contributed by atoms with Crippen LogP contribution in [0.4, 0.5) is 0 Å². The van der Waals surface area contributed by atoms with Crippen molar-refractivity contribution < 1.29 is 4.79 Å². The Labute approximate surface area is 131 Å². The number of nitrogens with zero attached hydrogens (tertiary/aromatic N) is 1. The van der Waals surface area contributed by atoms with Crippen molar-refractivity contribution in [3.8, 4) is 0 Å². The minimum absolute atomic E-state index is 0.0359. The second kappa shape index (κ2) is 6.77. The Bertz CT molecular complexity index is 634. The van der Waals surface area contributed by atoms with Gasteiger partial charge < -0.3 is 5.32 Å². The molecule has 1 amide bonds. The van der Waals surface area contributed by atoms with E-state index in [0.29, 0.717) is 6.42 Å². The van der Waals surface area contributed by atoms with Gasteiger partial charge in [-0.3, -0.25) is 9.89 Å². The van der Waals surface area contributed by atoms with E-state index in [2.05, 4.69) is 40.6 Å². The number of carbonyl (C=O) groups is 1. The van der Waals surface area contributed by atoms with Gasteiger partial charge >= 0.3 is 0 Å². The number of fused-ring (bicyclic) bond motifs is 1. The van der Waals surface area contributed by atoms with E-state index in [-0.39, 0.29) is 11.9 Å². The van der Waals surface area contributed by atoms with Gasteiger partial charge in [0, 0.05) is 11.9 Å². The van der Waals surface area contributed by atoms with Gasteiger partial charge in [0.2, 0.25) is 5.91 Å². The van der Waals surface area contributed by atoms with E-state index >= 15 is 0 Å². The highest BCUT2D eigenvalue weighted by Gasteiger charge is 2.16. The molecule has 0 saturated heterocycles. The Balaban J connectivity index is 1.69. The van der Waals surface area contributed by atoms with Crippen LogP contribution in [0, 0.1) is 0 Å². The Hall–Kier alpha value is -2.10. The molecule has 1 aromatic heterocycles. The molecule has 1 heterocycles. The van der Waals surface area contributed by atoms with Gasteiger partial charge in [-0.2, -0.15) is 5.10 Å². The summed E-state index contributed by atoms with van der Waals surface area (Å²) in [5, 5.41) is 9.85. The number of amides is 1. The van der Waals surface area contributed by atoms with Crippen LogP contribution in [-0.2, 0) is 24.1 Å². The summed E-state index contributed by atoms with van der Waals surface area (Å²) in [5.41, 5.74) is 5.01. The number of hydrogen-bond donors (Lipinski definition) is 2. The Morgan fingerprint density at radius 1 is 1.27 bits per heavy atom. The van der Waals surface area contributed by atoms with Gasteiger partial charge in [0.15, 0.2) is 0 Å². The number of benzene rings is 1. The Morgan fingerprint density at radius 2 is 2.09 bits per heavy atom. The normalized spacial score (nSPS) is 15.1. The lowest BCUT2D eigenvalue weighted by molar-refractivity contribution is -0.121. The molecule has 0 bridgehead atoms. The Kier molecular flexibility index (Phi) is 4.56. The molecule has 4 nitrogen and oxygen atoms in total. The van der Waals surface area contributed by atoms with Gasteiger partial charge in [-0.25, -0.2) is 0 Å². The summed E-state index contributed by atoms with van der Waals surface area (Å²) < 4.78 is 0. The molecule has 2 aromatic rings. The second-order valence-corrected chi connectivity index (χ2v) is 6.02. The van der Waals surface area contributed by atoms with Crippen molar-refractivity contribution in [3.63, 3.8) is 0 Å². The van der Waals surface area contributed by atoms with Crippen LogP contribution in [0.5, 0.6) is 0 Å². The lowest BCUT2D eigenvalue weighted by Gasteiger charge is -2.21. The van der Waals surface area contributed by atoms with E-state index in [4.69, 9.17) is 0 Å². The topological polar surface area (TPSA) is 57.8 Å². The number of aryl methyl sites for hydroxylation is 2. The van der Waals surface area contributed by atoms with Gasteiger partial charge in [0.1, 0.15) is 0 Å². The minimum atomic E-state index is 0.0359. The summed E-state index contributed by atoms with van der Waals surface area (Å²) in [4.78, 5) is 12.2. The van der Waals surface area contributed by atoms with Crippen molar-refractivity contribution in [3.05, 3.63) is 52.8 Å². The molecule has 0 saturated carbocycles. The van der Waals surface area contributed by atoms with Gasteiger partial charge in [0.05, 0.1) is 12.5 Å². The first-order chi connectivity index (χ1) is 10.8. The van der Waals surface area contributed by atoms with Crippen molar-refractivity contribution >= 4 is 5.91 Å². The fourth-order valence-corrected chi connectivity index (χ4v) is 3.19. The minimum Gasteiger partial charge on any atom is -0.349 e. The zero-order chi connectivity index (χ0) is 15.4. The number of hydrogen-bond acceptors (Lipinski definition) is 2. The summed E-state index contributed by atoms with van der Waals surface area (Å²) in [6, 6.07) is 8.63. The lowest BCUT2D eigenvalue weighted by Crippen LogP contribution is -2.29. The average Bonchev–Trinajstić information content (AvgIpc) is 3.05. The lowest BCUT2D eigenvalue weighted by atomic mass is 9.89. The summed E-state index contributed by atoms with van der Waals surface area (Å²) in [6.07, 6.45) is 7.85. The van der Waals surface area contributed by atoms with E-state index in [9.17, 15) is 4.79 Å². The molecule has 22 heavy (non-hydrogen) atoms. The molecule has 3 rings (SSSR count). The second-order valence-electron chi connectivity index (χ2n) is 6.02. The van der Waals surface area contributed by atoms with E-state index in [1.807, 2.05) is 6.07 Å². The van der Waals surface area contributed by atoms with Gasteiger partial charge in [-0.1, -0.05) is 25.1 Å². The number of rotatable bonds is 5. The van der Waals surface area contributed by atoms with E-state index in [1.54, 1.807) is 6.20 Å². The maximum atomic E-state index is 12.2. The van der Waals surface area contributed by atoms with Crippen LogP contribution in [-0.4, -0.2) is 16.1 Å². The zero-order valence-corrected chi connectivity index (χ0v) is 13.1. The molecule has 2 N–H and O–H groups in total. The smallest absolute Gasteiger partial charge is 0.226 e. The summed E-state index contributed by atoms with van der Waals surface area (Å²) in [6.45, 7) is 2.11. The maximum absolute atomic E-state index is 12.2. The third-order valence-electron chi connectivity index (χ3n) is 4.43. The standard InChI is InChI=1S/C18H23N3O/c1-2-17(20-18(22)12-16-9-10-19-21-16)15-8-7-13-5-3-4-6-14(13)11-15/h7-11,17H,2-6,12H2,1H3,(H,19,21)(H,20,22). The van der Waals surface area contributed by atoms with Crippen molar-refractivity contribution in [2.24, 2.45) is 0 Å². The molecular formula is C18H23N3O. The highest BCUT2D eigenvalue weighted by Crippen LogP contribution is 2.26. The number of aromatic amines is 1. The van der Waals surface area contributed by atoms with Crippen LogP contribution in [0.1, 0.15) is 54.6 Å². The van der Waals surface area contributed by atoms with Crippen LogP contribution < -0.4 is 5.32 Å². The molecule has 4 heteroatoms. The number of aromatic nitrogens is 2. The average molecular weight is 297 g/mol. The summed E-state index contributed by atoms with van der Waals surface area (Å²) in [7, 11) is 0. The third-order valence-corrected chi connectivity index (χ3v) is 4.43. The third kappa shape index (κ3) is 3.38. The van der Waals surface area contributed by atoms with Crippen LogP contribution >= 0.6 is 0 Å². The number of carbonyl (C=O) groups excluding carboxylic acids is 1. The van der Waals surface area contributed by atoms with E-state index < -0.39 is 0 Å². The first kappa shape index (κ1) is 14.8. The van der Waals surface area contributed by atoms with Crippen molar-refractivity contribution in [1.82, 2.24) is 15.5 Å². The number of nitrogens with one attached hydrogen (secondary N) is 2. The summed E-state index contributed by atoms with van der Waals surface area (Å²) in [5.74, 6) is 0.0359. The molecule has 0 aliphatic heterocycles. The van der Waals surface area contributed by atoms with Crippen LogP contribution in [0.25, 0.3) is 0 Å². The zero-order valence-electron chi connectivity index (χ0n) is 13.1. The molecule has 116 valence electrons. The molecule has 1 aliphatic carbocycles. The fourth-order valence-electron chi connectivity index (χ4n) is 3.19. The van der Waals surface area contributed by atoms with Crippen LogP contribution in [0.15, 0.2) is 30.5 Å². The fraction of sp³-hybridized carbons (Fsp3) is 0.444. The molecule has 0 spiro atoms. The summed E-state index contributed by atoms with van der Waals surface area (Å²) >= 11 is 0. The SMILES string of the molecule is CCC(NC(=O)Cc1ccn[nH]1)c1ccc2c(c1)CCCC2. The van der Waals surface area contributed by atoms with Crippen molar-refractivity contribution in [2.45, 2.75) is 51.5 Å². The Morgan fingerprint density at radius 3 is 2.82 bits per heavy atom. The number of H-pyrrole nitrogens is 1. The monoisotopic (exact) mass is 297 g/mol. The highest BCUT2D eigenvalue weighted by molar-refractivity contribution is 5.78. The van der Waals surface area contributed by atoms with E-state index in [1.165, 1.54) is 42.4 Å². The molecule has 0 radical (unpaired) electrons. The highest BCUT2D eigenvalue weighted by atomic mass is 16.1. The molecule has 1 unspecified atom stereocenters. The first-order valence-electron chi connectivity index (χ1n) is 8.15. The first-order valence-corrected chi connectivity index (χ1v) is 8.15. The molecule has 1 atom stereocenters. The molecule has 1 aromatic carbocycles. The predicted octanol–water partition coefficient (Wildman–Crippen LogP) is 3.10. The molecular weight excluding hydrogens is 274 g/mol.